The third kappa shape index (κ3) is 5.97. The molecule has 5 rings (SSSR count). The minimum atomic E-state index is -1.79. The molecule has 39 heavy (non-hydrogen) atoms. The number of benzene rings is 2. The van der Waals surface area contributed by atoms with Crippen molar-refractivity contribution in [2.45, 2.75) is 30.8 Å². The molecule has 0 spiro atoms. The van der Waals surface area contributed by atoms with E-state index in [1.54, 1.807) is 18.2 Å². The molecule has 0 fully saturated rings. The van der Waals surface area contributed by atoms with E-state index in [1.807, 2.05) is 60.7 Å². The van der Waals surface area contributed by atoms with Crippen molar-refractivity contribution in [1.29, 1.82) is 0 Å². The summed E-state index contributed by atoms with van der Waals surface area (Å²) in [7, 11) is -1.79. The van der Waals surface area contributed by atoms with E-state index in [1.165, 1.54) is 10.8 Å². The minimum Gasteiger partial charge on any atom is -0.426 e. The Morgan fingerprint density at radius 3 is 2.44 bits per heavy atom. The van der Waals surface area contributed by atoms with Crippen molar-refractivity contribution in [3.05, 3.63) is 102 Å². The van der Waals surface area contributed by atoms with Crippen LogP contribution in [-0.2, 0) is 22.5 Å². The van der Waals surface area contributed by atoms with Gasteiger partial charge in [-0.1, -0.05) is 71.9 Å². The molecule has 12 heteroatoms. The van der Waals surface area contributed by atoms with Gasteiger partial charge in [-0.05, 0) is 29.7 Å². The molecule has 2 unspecified atom stereocenters. The first-order chi connectivity index (χ1) is 18.9. The summed E-state index contributed by atoms with van der Waals surface area (Å²) in [4.78, 5) is 36.4. The van der Waals surface area contributed by atoms with Crippen LogP contribution in [0.1, 0.15) is 28.0 Å². The number of nitrogens with zero attached hydrogens (tertiary/aromatic N) is 4. The molecule has 1 aliphatic rings. The van der Waals surface area contributed by atoms with E-state index in [9.17, 15) is 19.6 Å². The van der Waals surface area contributed by atoms with Crippen LogP contribution >= 0.6 is 0 Å². The van der Waals surface area contributed by atoms with Gasteiger partial charge < -0.3 is 25.5 Å². The predicted octanol–water partition coefficient (Wildman–Crippen LogP) is 0.956. The molecule has 2 amide bonds. The number of carbonyl (C=O) groups is 2. The second-order valence-corrected chi connectivity index (χ2v) is 9.39. The van der Waals surface area contributed by atoms with Gasteiger partial charge >= 0.3 is 7.12 Å². The fourth-order valence-electron chi connectivity index (χ4n) is 4.55. The second kappa shape index (κ2) is 11.5. The topological polar surface area (TPSA) is 150 Å². The first-order valence-corrected chi connectivity index (χ1v) is 12.5. The predicted molar refractivity (Wildman–Crippen MR) is 144 cm³/mol. The molecule has 0 saturated heterocycles. The quantitative estimate of drug-likeness (QED) is 0.225. The maximum absolute atomic E-state index is 13.7. The number of hydrogen-bond donors (Lipinski definition) is 4. The Kier molecular flexibility index (Phi) is 7.66. The van der Waals surface area contributed by atoms with E-state index in [0.717, 1.165) is 11.1 Å². The normalized spacial score (nSPS) is 17.2. The van der Waals surface area contributed by atoms with Crippen LogP contribution in [0.2, 0.25) is 0 Å². The summed E-state index contributed by atoms with van der Waals surface area (Å²) >= 11 is 0. The maximum atomic E-state index is 13.7. The molecular formula is C27H27BN6O5. The highest BCUT2D eigenvalue weighted by Crippen LogP contribution is 2.29. The standard InChI is InChI=1S/C27H27BN6O5/c35-25(22-12-7-13-24-30-18-31-34(22)24)29-17-21-16-27(39-33-21,15-20-10-5-2-6-11-20)26(36)32-23(28(37)38)14-19-8-3-1-4-9-19/h1-13,18,23,37-38H,14-17H2,(H,29,35)(H,32,36). The SMILES string of the molecule is O=C(NCC1=NOC(Cc2ccccc2)(C(=O)NC(Cc2ccccc2)B(O)O)C1)c1cccc2ncnn12. The van der Waals surface area contributed by atoms with E-state index in [-0.39, 0.29) is 31.7 Å². The molecule has 0 saturated carbocycles. The molecule has 0 aliphatic carbocycles. The molecule has 2 aromatic heterocycles. The van der Waals surface area contributed by atoms with E-state index in [2.05, 4.69) is 25.9 Å². The number of aromatic nitrogens is 3. The van der Waals surface area contributed by atoms with Crippen molar-refractivity contribution in [3.63, 3.8) is 0 Å². The Balaban J connectivity index is 1.30. The van der Waals surface area contributed by atoms with Crippen LogP contribution in [0.3, 0.4) is 0 Å². The Hall–Kier alpha value is -4.55. The Bertz CT molecular complexity index is 1480. The number of oxime groups is 1. The molecule has 11 nitrogen and oxygen atoms in total. The lowest BCUT2D eigenvalue weighted by Crippen LogP contribution is -2.56. The van der Waals surface area contributed by atoms with Crippen LogP contribution in [0, 0.1) is 0 Å². The van der Waals surface area contributed by atoms with Crippen LogP contribution in [0.15, 0.2) is 90.3 Å². The number of nitrogens with one attached hydrogen (secondary N) is 2. The minimum absolute atomic E-state index is 0.0454. The van der Waals surface area contributed by atoms with Gasteiger partial charge in [0.1, 0.15) is 12.0 Å². The van der Waals surface area contributed by atoms with Crippen molar-refractivity contribution >= 4 is 30.3 Å². The summed E-state index contributed by atoms with van der Waals surface area (Å²) in [5.41, 5.74) is 1.55. The maximum Gasteiger partial charge on any atom is 0.475 e. The largest absolute Gasteiger partial charge is 0.475 e. The summed E-state index contributed by atoms with van der Waals surface area (Å²) in [6.45, 7) is 0.0454. The van der Waals surface area contributed by atoms with Gasteiger partial charge in [0, 0.05) is 12.8 Å². The van der Waals surface area contributed by atoms with Gasteiger partial charge in [-0.25, -0.2) is 9.50 Å². The highest BCUT2D eigenvalue weighted by atomic mass is 16.7. The van der Waals surface area contributed by atoms with E-state index in [4.69, 9.17) is 4.84 Å². The van der Waals surface area contributed by atoms with Gasteiger partial charge in [-0.2, -0.15) is 5.10 Å². The zero-order valence-electron chi connectivity index (χ0n) is 21.0. The summed E-state index contributed by atoms with van der Waals surface area (Å²) in [5, 5.41) is 33.8. The molecule has 4 aromatic rings. The van der Waals surface area contributed by atoms with Gasteiger partial charge in [0.2, 0.25) is 5.60 Å². The number of pyridine rings is 1. The van der Waals surface area contributed by atoms with Gasteiger partial charge in [0.15, 0.2) is 5.65 Å². The lowest BCUT2D eigenvalue weighted by molar-refractivity contribution is -0.144. The van der Waals surface area contributed by atoms with Crippen LogP contribution < -0.4 is 10.6 Å². The van der Waals surface area contributed by atoms with Gasteiger partial charge in [-0.15, -0.1) is 0 Å². The molecular weight excluding hydrogens is 499 g/mol. The molecule has 2 aromatic carbocycles. The van der Waals surface area contributed by atoms with Crippen molar-refractivity contribution in [2.24, 2.45) is 5.16 Å². The summed E-state index contributed by atoms with van der Waals surface area (Å²) in [6.07, 6.45) is 1.87. The Labute approximate surface area is 224 Å². The molecule has 3 heterocycles. The fraction of sp³-hybridized carbons (Fsp3) is 0.222. The van der Waals surface area contributed by atoms with Crippen molar-refractivity contribution < 1.29 is 24.5 Å². The monoisotopic (exact) mass is 526 g/mol. The fourth-order valence-corrected chi connectivity index (χ4v) is 4.55. The first-order valence-electron chi connectivity index (χ1n) is 12.5. The zero-order chi connectivity index (χ0) is 27.2. The molecule has 198 valence electrons. The molecule has 0 bridgehead atoms. The van der Waals surface area contributed by atoms with Crippen LogP contribution in [-0.4, -0.2) is 67.4 Å². The van der Waals surface area contributed by atoms with Crippen molar-refractivity contribution in [3.8, 4) is 0 Å². The highest BCUT2D eigenvalue weighted by Gasteiger charge is 2.48. The number of amides is 2. The molecule has 1 aliphatic heterocycles. The third-order valence-corrected chi connectivity index (χ3v) is 6.55. The van der Waals surface area contributed by atoms with Crippen LogP contribution in [0.4, 0.5) is 0 Å². The summed E-state index contributed by atoms with van der Waals surface area (Å²) < 4.78 is 1.43. The Morgan fingerprint density at radius 2 is 1.72 bits per heavy atom. The van der Waals surface area contributed by atoms with Gasteiger partial charge in [0.05, 0.1) is 18.2 Å². The molecule has 0 radical (unpaired) electrons. The van der Waals surface area contributed by atoms with E-state index in [0.29, 0.717) is 17.1 Å². The van der Waals surface area contributed by atoms with Gasteiger partial charge in [0.25, 0.3) is 11.8 Å². The lowest BCUT2D eigenvalue weighted by atomic mass is 9.75. The lowest BCUT2D eigenvalue weighted by Gasteiger charge is -2.28. The average Bonchev–Trinajstić information content (AvgIpc) is 3.60. The van der Waals surface area contributed by atoms with Crippen LogP contribution in [0.25, 0.3) is 5.65 Å². The zero-order valence-corrected chi connectivity index (χ0v) is 21.0. The van der Waals surface area contributed by atoms with E-state index >= 15 is 0 Å². The highest BCUT2D eigenvalue weighted by molar-refractivity contribution is 6.43. The number of hydrogen-bond acceptors (Lipinski definition) is 8. The van der Waals surface area contributed by atoms with Gasteiger partial charge in [-0.3, -0.25) is 9.59 Å². The Morgan fingerprint density at radius 1 is 1.00 bits per heavy atom. The van der Waals surface area contributed by atoms with Crippen molar-refractivity contribution in [2.75, 3.05) is 6.54 Å². The van der Waals surface area contributed by atoms with Crippen LogP contribution in [0.5, 0.6) is 0 Å². The summed E-state index contributed by atoms with van der Waals surface area (Å²) in [5.74, 6) is -1.88. The number of rotatable bonds is 10. The number of fused-ring (bicyclic) bond motifs is 1. The third-order valence-electron chi connectivity index (χ3n) is 6.55. The molecule has 2 atom stereocenters. The van der Waals surface area contributed by atoms with Crippen molar-refractivity contribution in [1.82, 2.24) is 25.2 Å². The number of carbonyl (C=O) groups excluding carboxylic acids is 2. The average molecular weight is 526 g/mol. The first kappa shape index (κ1) is 26.1. The van der Waals surface area contributed by atoms with E-state index < -0.39 is 24.6 Å². The summed E-state index contributed by atoms with van der Waals surface area (Å²) in [6, 6.07) is 23.6. The second-order valence-electron chi connectivity index (χ2n) is 9.39. The smallest absolute Gasteiger partial charge is 0.426 e. The molecule has 4 N–H and O–H groups in total.